The fourth-order valence-electron chi connectivity index (χ4n) is 2.65. The van der Waals surface area contributed by atoms with Gasteiger partial charge in [-0.25, -0.2) is 0 Å². The van der Waals surface area contributed by atoms with Gasteiger partial charge in [0.15, 0.2) is 11.4 Å². The predicted molar refractivity (Wildman–Crippen MR) is 113 cm³/mol. The molecule has 0 unspecified atom stereocenters. The van der Waals surface area contributed by atoms with Gasteiger partial charge in [-0.3, -0.25) is 9.59 Å². The maximum Gasteiger partial charge on any atom is 0.267 e. The topological polar surface area (TPSA) is 75.6 Å². The summed E-state index contributed by atoms with van der Waals surface area (Å²) in [5.41, 5.74) is 0.332. The van der Waals surface area contributed by atoms with E-state index in [2.05, 4.69) is 5.32 Å². The lowest BCUT2D eigenvalue weighted by Gasteiger charge is -2.25. The summed E-state index contributed by atoms with van der Waals surface area (Å²) in [5, 5.41) is 12.8. The van der Waals surface area contributed by atoms with E-state index in [9.17, 15) is 14.7 Å². The Morgan fingerprint density at radius 3 is 2.10 bits per heavy atom. The zero-order valence-electron chi connectivity index (χ0n) is 16.0. The number of benzene rings is 3. The number of hydrogen-bond acceptors (Lipinski definition) is 4. The first kappa shape index (κ1) is 20.4. The molecule has 2 N–H and O–H groups in total. The van der Waals surface area contributed by atoms with Crippen LogP contribution in [0, 0.1) is 0 Å². The van der Waals surface area contributed by atoms with Crippen LogP contribution in [-0.2, 0) is 4.79 Å². The number of rotatable bonds is 6. The molecule has 1 amide bonds. The van der Waals surface area contributed by atoms with Crippen LogP contribution in [0.25, 0.3) is 0 Å². The molecule has 148 valence electrons. The van der Waals surface area contributed by atoms with Gasteiger partial charge in [-0.15, -0.1) is 0 Å². The Hall–Kier alpha value is -3.31. The molecule has 0 bridgehead atoms. The van der Waals surface area contributed by atoms with E-state index in [0.29, 0.717) is 27.6 Å². The van der Waals surface area contributed by atoms with E-state index >= 15 is 0 Å². The number of halogens is 1. The van der Waals surface area contributed by atoms with Crippen molar-refractivity contribution in [2.45, 2.75) is 19.4 Å². The average molecular weight is 410 g/mol. The van der Waals surface area contributed by atoms with Crippen molar-refractivity contribution < 1.29 is 19.4 Å². The lowest BCUT2D eigenvalue weighted by molar-refractivity contribution is -0.128. The van der Waals surface area contributed by atoms with Gasteiger partial charge in [0.25, 0.3) is 5.91 Å². The number of nitrogens with one attached hydrogen (secondary N) is 1. The zero-order valence-corrected chi connectivity index (χ0v) is 16.7. The molecule has 0 saturated heterocycles. The highest BCUT2D eigenvalue weighted by atomic mass is 35.5. The van der Waals surface area contributed by atoms with E-state index in [-0.39, 0.29) is 17.4 Å². The molecule has 0 atom stereocenters. The lowest BCUT2D eigenvalue weighted by Crippen LogP contribution is -2.42. The highest BCUT2D eigenvalue weighted by molar-refractivity contribution is 6.30. The van der Waals surface area contributed by atoms with Crippen LogP contribution in [0.3, 0.4) is 0 Å². The first-order valence-electron chi connectivity index (χ1n) is 8.94. The van der Waals surface area contributed by atoms with Gasteiger partial charge in [0.2, 0.25) is 0 Å². The monoisotopic (exact) mass is 409 g/mol. The molecule has 0 aromatic heterocycles. The number of aromatic hydroxyl groups is 1. The average Bonchev–Trinajstić information content (AvgIpc) is 2.68. The van der Waals surface area contributed by atoms with Gasteiger partial charge < -0.3 is 15.2 Å². The first-order chi connectivity index (χ1) is 13.7. The smallest absolute Gasteiger partial charge is 0.267 e. The number of carbonyl (C=O) groups excluding carboxylic acids is 2. The van der Waals surface area contributed by atoms with Crippen LogP contribution in [0.5, 0.6) is 11.5 Å². The highest BCUT2D eigenvalue weighted by Gasteiger charge is 2.30. The molecule has 0 aliphatic rings. The van der Waals surface area contributed by atoms with E-state index in [0.717, 1.165) is 0 Å². The van der Waals surface area contributed by atoms with Crippen molar-refractivity contribution in [1.29, 1.82) is 0 Å². The van der Waals surface area contributed by atoms with Crippen molar-refractivity contribution in [1.82, 2.24) is 0 Å². The molecule has 0 radical (unpaired) electrons. The molecule has 5 nitrogen and oxygen atoms in total. The Kier molecular flexibility index (Phi) is 5.89. The predicted octanol–water partition coefficient (Wildman–Crippen LogP) is 5.07. The standard InChI is InChI=1S/C23H20ClNO4/c1-23(2,22(28)25-18-4-3-5-19(26)14-18)29-20-12-8-16(9-13-20)21(27)15-6-10-17(24)11-7-15/h3-14,26H,1-2H3,(H,25,28). The molecule has 0 aliphatic carbocycles. The maximum atomic E-state index is 12.6. The summed E-state index contributed by atoms with van der Waals surface area (Å²) in [4.78, 5) is 25.1. The number of phenols is 1. The number of ether oxygens (including phenoxy) is 1. The number of phenolic OH excluding ortho intramolecular Hbond substituents is 1. The fourth-order valence-corrected chi connectivity index (χ4v) is 2.77. The van der Waals surface area contributed by atoms with E-state index in [1.807, 2.05) is 0 Å². The largest absolute Gasteiger partial charge is 0.508 e. The molecule has 6 heteroatoms. The third-order valence-electron chi connectivity index (χ3n) is 4.25. The van der Waals surface area contributed by atoms with Crippen molar-refractivity contribution >= 4 is 29.0 Å². The van der Waals surface area contributed by atoms with Gasteiger partial charge in [-0.05, 0) is 74.5 Å². The molecular formula is C23H20ClNO4. The van der Waals surface area contributed by atoms with Crippen LogP contribution in [0.1, 0.15) is 29.8 Å². The number of anilines is 1. The van der Waals surface area contributed by atoms with E-state index in [1.165, 1.54) is 12.1 Å². The summed E-state index contributed by atoms with van der Waals surface area (Å²) in [6.45, 7) is 3.27. The van der Waals surface area contributed by atoms with Crippen LogP contribution in [0.2, 0.25) is 5.02 Å². The highest BCUT2D eigenvalue weighted by Crippen LogP contribution is 2.23. The molecule has 3 aromatic rings. The van der Waals surface area contributed by atoms with Crippen LogP contribution in [-0.4, -0.2) is 22.4 Å². The summed E-state index contributed by atoms with van der Waals surface area (Å²) in [7, 11) is 0. The van der Waals surface area contributed by atoms with Crippen molar-refractivity contribution in [3.63, 3.8) is 0 Å². The van der Waals surface area contributed by atoms with Gasteiger partial charge >= 0.3 is 0 Å². The Morgan fingerprint density at radius 1 is 0.931 bits per heavy atom. The molecule has 0 spiro atoms. The lowest BCUT2D eigenvalue weighted by atomic mass is 10.0. The Labute approximate surface area is 173 Å². The van der Waals surface area contributed by atoms with Crippen LogP contribution in [0.4, 0.5) is 5.69 Å². The van der Waals surface area contributed by atoms with E-state index in [1.54, 1.807) is 74.5 Å². The van der Waals surface area contributed by atoms with Gasteiger partial charge in [-0.1, -0.05) is 17.7 Å². The summed E-state index contributed by atoms with van der Waals surface area (Å²) < 4.78 is 5.82. The summed E-state index contributed by atoms with van der Waals surface area (Å²) >= 11 is 5.86. The van der Waals surface area contributed by atoms with Crippen LogP contribution < -0.4 is 10.1 Å². The SMILES string of the molecule is CC(C)(Oc1ccc(C(=O)c2ccc(Cl)cc2)cc1)C(=O)Nc1cccc(O)c1. The number of carbonyl (C=O) groups is 2. The second-order valence-corrected chi connectivity index (χ2v) is 7.41. The molecule has 0 saturated carbocycles. The molecule has 3 rings (SSSR count). The molecule has 3 aromatic carbocycles. The van der Waals surface area contributed by atoms with Crippen molar-refractivity contribution in [3.05, 3.63) is 88.9 Å². The van der Waals surface area contributed by atoms with E-state index in [4.69, 9.17) is 16.3 Å². The molecular weight excluding hydrogens is 390 g/mol. The molecule has 0 heterocycles. The Bertz CT molecular complexity index is 1030. The maximum absolute atomic E-state index is 12.6. The minimum atomic E-state index is -1.17. The second-order valence-electron chi connectivity index (χ2n) is 6.98. The number of hydrogen-bond donors (Lipinski definition) is 2. The van der Waals surface area contributed by atoms with Gasteiger partial charge in [0, 0.05) is 27.9 Å². The first-order valence-corrected chi connectivity index (χ1v) is 9.32. The minimum Gasteiger partial charge on any atom is -0.508 e. The van der Waals surface area contributed by atoms with Crippen molar-refractivity contribution in [3.8, 4) is 11.5 Å². The van der Waals surface area contributed by atoms with Gasteiger partial charge in [-0.2, -0.15) is 0 Å². The molecule has 0 fully saturated rings. The summed E-state index contributed by atoms with van der Waals surface area (Å²) in [6.07, 6.45) is 0. The molecule has 0 aliphatic heterocycles. The van der Waals surface area contributed by atoms with Crippen LogP contribution in [0.15, 0.2) is 72.8 Å². The quantitative estimate of drug-likeness (QED) is 0.557. The Morgan fingerprint density at radius 2 is 1.52 bits per heavy atom. The number of amides is 1. The minimum absolute atomic E-state index is 0.0578. The fraction of sp³-hybridized carbons (Fsp3) is 0.130. The second kappa shape index (κ2) is 8.37. The Balaban J connectivity index is 1.68. The summed E-state index contributed by atoms with van der Waals surface area (Å²) in [5.74, 6) is 0.00899. The zero-order chi connectivity index (χ0) is 21.0. The normalized spacial score (nSPS) is 11.0. The third kappa shape index (κ3) is 5.15. The van der Waals surface area contributed by atoms with Gasteiger partial charge in [0.1, 0.15) is 11.5 Å². The van der Waals surface area contributed by atoms with Crippen LogP contribution >= 0.6 is 11.6 Å². The van der Waals surface area contributed by atoms with Crippen molar-refractivity contribution in [2.75, 3.05) is 5.32 Å². The van der Waals surface area contributed by atoms with E-state index < -0.39 is 5.60 Å². The summed E-state index contributed by atoms with van der Waals surface area (Å²) in [6, 6.07) is 19.5. The third-order valence-corrected chi connectivity index (χ3v) is 4.50. The van der Waals surface area contributed by atoms with Gasteiger partial charge in [0.05, 0.1) is 0 Å². The number of ketones is 1. The molecule has 29 heavy (non-hydrogen) atoms. The van der Waals surface area contributed by atoms with Crippen molar-refractivity contribution in [2.24, 2.45) is 0 Å².